The molecule has 2 rings (SSSR count). The van der Waals surface area contributed by atoms with E-state index in [9.17, 15) is 4.79 Å². The fourth-order valence-corrected chi connectivity index (χ4v) is 1.52. The Morgan fingerprint density at radius 1 is 1.62 bits per heavy atom. The number of rotatable bonds is 4. The highest BCUT2D eigenvalue weighted by atomic mass is 16.1. The second kappa shape index (κ2) is 4.65. The van der Waals surface area contributed by atoms with Gasteiger partial charge in [0.15, 0.2) is 0 Å². The Labute approximate surface area is 93.5 Å². The second-order valence-electron chi connectivity index (χ2n) is 3.59. The number of aromatic amines is 1. The first kappa shape index (κ1) is 10.5. The largest absolute Gasteiger partial charge is 0.350 e. The summed E-state index contributed by atoms with van der Waals surface area (Å²) < 4.78 is 1.80. The van der Waals surface area contributed by atoms with Crippen LogP contribution in [0.3, 0.4) is 0 Å². The van der Waals surface area contributed by atoms with E-state index in [2.05, 4.69) is 15.3 Å². The first-order chi connectivity index (χ1) is 7.77. The summed E-state index contributed by atoms with van der Waals surface area (Å²) in [5, 5.41) is 2.86. The molecule has 0 atom stereocenters. The van der Waals surface area contributed by atoms with Crippen LogP contribution in [0.4, 0.5) is 0 Å². The molecule has 5 nitrogen and oxygen atoms in total. The molecule has 0 spiro atoms. The van der Waals surface area contributed by atoms with Gasteiger partial charge in [-0.15, -0.1) is 0 Å². The Morgan fingerprint density at radius 3 is 3.12 bits per heavy atom. The van der Waals surface area contributed by atoms with Crippen molar-refractivity contribution < 1.29 is 4.79 Å². The molecule has 2 heterocycles. The van der Waals surface area contributed by atoms with Gasteiger partial charge in [-0.1, -0.05) is 0 Å². The third kappa shape index (κ3) is 2.31. The summed E-state index contributed by atoms with van der Waals surface area (Å²) in [7, 11) is 1.85. The molecule has 16 heavy (non-hydrogen) atoms. The van der Waals surface area contributed by atoms with Gasteiger partial charge in [-0.25, -0.2) is 4.98 Å². The molecule has 1 amide bonds. The number of carbonyl (C=O) groups is 1. The molecular formula is C11H14N4O. The number of aromatic nitrogens is 3. The quantitative estimate of drug-likeness (QED) is 0.794. The normalized spacial score (nSPS) is 10.3. The predicted octanol–water partition coefficient (Wildman–Crippen LogP) is 0.721. The molecule has 0 aliphatic carbocycles. The van der Waals surface area contributed by atoms with Crippen molar-refractivity contribution in [1.29, 1.82) is 0 Å². The highest BCUT2D eigenvalue weighted by Crippen LogP contribution is 1.99. The number of imidazole rings is 1. The molecule has 0 unspecified atom stereocenters. The Hall–Kier alpha value is -2.04. The zero-order chi connectivity index (χ0) is 11.4. The number of nitrogens with zero attached hydrogens (tertiary/aromatic N) is 2. The Kier molecular flexibility index (Phi) is 3.05. The van der Waals surface area contributed by atoms with E-state index in [1.54, 1.807) is 23.2 Å². The van der Waals surface area contributed by atoms with Crippen LogP contribution >= 0.6 is 0 Å². The molecule has 0 saturated heterocycles. The van der Waals surface area contributed by atoms with Gasteiger partial charge in [-0.05, 0) is 12.1 Å². The van der Waals surface area contributed by atoms with Gasteiger partial charge in [0, 0.05) is 38.1 Å². The lowest BCUT2D eigenvalue weighted by Crippen LogP contribution is -2.27. The zero-order valence-corrected chi connectivity index (χ0v) is 9.10. The van der Waals surface area contributed by atoms with Crippen molar-refractivity contribution in [2.45, 2.75) is 6.42 Å². The molecule has 0 radical (unpaired) electrons. The molecule has 0 fully saturated rings. The maximum absolute atomic E-state index is 11.7. The number of hydrogen-bond donors (Lipinski definition) is 2. The van der Waals surface area contributed by atoms with E-state index in [0.29, 0.717) is 12.2 Å². The number of hydrogen-bond acceptors (Lipinski definition) is 2. The van der Waals surface area contributed by atoms with Gasteiger partial charge in [0.05, 0.1) is 6.33 Å². The fourth-order valence-electron chi connectivity index (χ4n) is 1.52. The summed E-state index contributed by atoms with van der Waals surface area (Å²) in [5.74, 6) is -0.0491. The lowest BCUT2D eigenvalue weighted by molar-refractivity contribution is 0.0946. The second-order valence-corrected chi connectivity index (χ2v) is 3.59. The molecule has 5 heteroatoms. The first-order valence-electron chi connectivity index (χ1n) is 5.14. The van der Waals surface area contributed by atoms with Gasteiger partial charge >= 0.3 is 0 Å². The summed E-state index contributed by atoms with van der Waals surface area (Å²) in [4.78, 5) is 18.6. The predicted molar refractivity (Wildman–Crippen MR) is 60.0 cm³/mol. The molecule has 84 valence electrons. The summed E-state index contributed by atoms with van der Waals surface area (Å²) >= 11 is 0. The van der Waals surface area contributed by atoms with Crippen LogP contribution in [0.5, 0.6) is 0 Å². The molecular weight excluding hydrogens is 204 g/mol. The first-order valence-corrected chi connectivity index (χ1v) is 5.14. The molecule has 0 aliphatic rings. The van der Waals surface area contributed by atoms with Crippen LogP contribution in [-0.4, -0.2) is 27.0 Å². The summed E-state index contributed by atoms with van der Waals surface area (Å²) in [6, 6.07) is 3.65. The molecule has 2 aromatic heterocycles. The molecule has 2 aromatic rings. The van der Waals surface area contributed by atoms with Crippen molar-refractivity contribution in [2.24, 2.45) is 7.05 Å². The van der Waals surface area contributed by atoms with Crippen LogP contribution in [0.15, 0.2) is 30.9 Å². The fraction of sp³-hybridized carbons (Fsp3) is 0.273. The van der Waals surface area contributed by atoms with Crippen molar-refractivity contribution in [3.8, 4) is 0 Å². The number of H-pyrrole nitrogens is 1. The summed E-state index contributed by atoms with van der Waals surface area (Å²) in [5.41, 5.74) is 1.69. The van der Waals surface area contributed by atoms with Crippen LogP contribution in [0.2, 0.25) is 0 Å². The van der Waals surface area contributed by atoms with Crippen molar-refractivity contribution >= 4 is 5.91 Å². The van der Waals surface area contributed by atoms with Crippen LogP contribution in [0.1, 0.15) is 16.2 Å². The minimum Gasteiger partial charge on any atom is -0.350 e. The van der Waals surface area contributed by atoms with Gasteiger partial charge in [0.2, 0.25) is 0 Å². The Balaban J connectivity index is 1.83. The van der Waals surface area contributed by atoms with Gasteiger partial charge in [-0.3, -0.25) is 4.79 Å². The van der Waals surface area contributed by atoms with E-state index in [1.165, 1.54) is 0 Å². The van der Waals surface area contributed by atoms with Crippen molar-refractivity contribution in [3.63, 3.8) is 0 Å². The number of amides is 1. The van der Waals surface area contributed by atoms with E-state index >= 15 is 0 Å². The van der Waals surface area contributed by atoms with Crippen molar-refractivity contribution in [2.75, 3.05) is 6.54 Å². The van der Waals surface area contributed by atoms with Gasteiger partial charge < -0.3 is 14.9 Å². The zero-order valence-electron chi connectivity index (χ0n) is 9.10. The van der Waals surface area contributed by atoms with Crippen LogP contribution in [0.25, 0.3) is 0 Å². The molecule has 0 aromatic carbocycles. The van der Waals surface area contributed by atoms with Crippen LogP contribution < -0.4 is 5.32 Å². The standard InChI is InChI=1S/C11H14N4O/c1-15-6-2-3-10(15)11(16)13-5-4-9-7-12-8-14-9/h2-3,6-8H,4-5H2,1H3,(H,12,14)(H,13,16). The minimum absolute atomic E-state index is 0.0491. The maximum Gasteiger partial charge on any atom is 0.267 e. The average Bonchev–Trinajstić information content (AvgIpc) is 2.88. The molecule has 0 saturated carbocycles. The van der Waals surface area contributed by atoms with Gasteiger partial charge in [0.25, 0.3) is 5.91 Å². The monoisotopic (exact) mass is 218 g/mol. The van der Waals surface area contributed by atoms with Gasteiger partial charge in [-0.2, -0.15) is 0 Å². The SMILES string of the molecule is Cn1cccc1C(=O)NCCc1cnc[nH]1. The van der Waals surface area contributed by atoms with Crippen molar-refractivity contribution in [3.05, 3.63) is 42.2 Å². The lowest BCUT2D eigenvalue weighted by Gasteiger charge is -2.04. The number of aryl methyl sites for hydroxylation is 1. The highest BCUT2D eigenvalue weighted by molar-refractivity contribution is 5.92. The minimum atomic E-state index is -0.0491. The van der Waals surface area contributed by atoms with Crippen LogP contribution in [-0.2, 0) is 13.5 Å². The van der Waals surface area contributed by atoms with E-state index in [-0.39, 0.29) is 5.91 Å². The maximum atomic E-state index is 11.7. The van der Waals surface area contributed by atoms with Crippen molar-refractivity contribution in [1.82, 2.24) is 19.9 Å². The average molecular weight is 218 g/mol. The van der Waals surface area contributed by atoms with Crippen LogP contribution in [0, 0.1) is 0 Å². The smallest absolute Gasteiger partial charge is 0.267 e. The number of nitrogens with one attached hydrogen (secondary N) is 2. The lowest BCUT2D eigenvalue weighted by atomic mass is 10.3. The Bertz CT molecular complexity index is 458. The molecule has 0 aliphatic heterocycles. The Morgan fingerprint density at radius 2 is 2.50 bits per heavy atom. The highest BCUT2D eigenvalue weighted by Gasteiger charge is 2.07. The third-order valence-corrected chi connectivity index (χ3v) is 2.41. The van der Waals surface area contributed by atoms with E-state index < -0.39 is 0 Å². The summed E-state index contributed by atoms with van der Waals surface area (Å²) in [6.07, 6.45) is 6.00. The third-order valence-electron chi connectivity index (χ3n) is 2.41. The van der Waals surface area contributed by atoms with E-state index in [1.807, 2.05) is 19.3 Å². The topological polar surface area (TPSA) is 62.7 Å². The summed E-state index contributed by atoms with van der Waals surface area (Å²) in [6.45, 7) is 0.603. The van der Waals surface area contributed by atoms with E-state index in [0.717, 1.165) is 12.1 Å². The van der Waals surface area contributed by atoms with Gasteiger partial charge in [0.1, 0.15) is 5.69 Å². The number of carbonyl (C=O) groups excluding carboxylic acids is 1. The molecule has 0 bridgehead atoms. The van der Waals surface area contributed by atoms with E-state index in [4.69, 9.17) is 0 Å². The molecule has 2 N–H and O–H groups in total.